The zero-order chi connectivity index (χ0) is 15.6. The monoisotopic (exact) mass is 293 g/mol. The van der Waals surface area contributed by atoms with Crippen molar-refractivity contribution in [1.29, 1.82) is 0 Å². The van der Waals surface area contributed by atoms with Gasteiger partial charge in [-0.25, -0.2) is 0 Å². The van der Waals surface area contributed by atoms with E-state index in [1.807, 2.05) is 30.3 Å². The Morgan fingerprint density at radius 1 is 1.14 bits per heavy atom. The van der Waals surface area contributed by atoms with Crippen LogP contribution in [0.25, 0.3) is 0 Å². The maximum Gasteiger partial charge on any atom is 0.119 e. The van der Waals surface area contributed by atoms with Gasteiger partial charge in [-0.3, -0.25) is 0 Å². The van der Waals surface area contributed by atoms with Crippen molar-refractivity contribution < 1.29 is 14.2 Å². The summed E-state index contributed by atoms with van der Waals surface area (Å²) >= 11 is 0. The molecule has 0 heterocycles. The van der Waals surface area contributed by atoms with E-state index in [1.54, 1.807) is 14.2 Å². The van der Waals surface area contributed by atoms with Crippen LogP contribution < -0.4 is 14.8 Å². The second-order valence-corrected chi connectivity index (χ2v) is 5.30. The molecule has 0 spiro atoms. The second-order valence-electron chi connectivity index (χ2n) is 5.30. The minimum atomic E-state index is 0.0141. The summed E-state index contributed by atoms with van der Waals surface area (Å²) in [6.07, 6.45) is 2.90. The molecular formula is C17H27NO3. The third-order valence-electron chi connectivity index (χ3n) is 3.51. The molecule has 4 nitrogen and oxygen atoms in total. The van der Waals surface area contributed by atoms with Crippen LogP contribution in [0, 0.1) is 5.41 Å². The Bertz CT molecular complexity index is 405. The second kappa shape index (κ2) is 9.42. The molecule has 0 amide bonds. The number of hydrogen-bond donors (Lipinski definition) is 1. The first-order valence-corrected chi connectivity index (χ1v) is 7.23. The summed E-state index contributed by atoms with van der Waals surface area (Å²) in [6, 6.07) is 7.63. The maximum absolute atomic E-state index is 5.77. The van der Waals surface area contributed by atoms with Crippen molar-refractivity contribution in [1.82, 2.24) is 5.32 Å². The van der Waals surface area contributed by atoms with Gasteiger partial charge in [0, 0.05) is 25.6 Å². The number of ether oxygens (including phenoxy) is 3. The first-order valence-electron chi connectivity index (χ1n) is 7.23. The van der Waals surface area contributed by atoms with E-state index in [-0.39, 0.29) is 5.41 Å². The van der Waals surface area contributed by atoms with Gasteiger partial charge in [0.15, 0.2) is 0 Å². The smallest absolute Gasteiger partial charge is 0.119 e. The van der Waals surface area contributed by atoms with Crippen LogP contribution in [0.15, 0.2) is 36.9 Å². The van der Waals surface area contributed by atoms with Gasteiger partial charge in [-0.15, -0.1) is 6.58 Å². The average molecular weight is 293 g/mol. The van der Waals surface area contributed by atoms with Gasteiger partial charge in [-0.1, -0.05) is 13.0 Å². The Morgan fingerprint density at radius 3 is 2.38 bits per heavy atom. The Hall–Kier alpha value is -1.52. The summed E-state index contributed by atoms with van der Waals surface area (Å²) in [6.45, 7) is 9.20. The van der Waals surface area contributed by atoms with E-state index in [9.17, 15) is 0 Å². The topological polar surface area (TPSA) is 39.7 Å². The SMILES string of the molecule is C=CC(C)(CCOc1ccc(OC)cc1)CNCCOC. The molecule has 0 saturated carbocycles. The normalized spacial score (nSPS) is 13.5. The maximum atomic E-state index is 5.77. The Morgan fingerprint density at radius 2 is 1.81 bits per heavy atom. The molecule has 0 aliphatic carbocycles. The largest absolute Gasteiger partial charge is 0.497 e. The lowest BCUT2D eigenvalue weighted by Crippen LogP contribution is -2.33. The average Bonchev–Trinajstić information content (AvgIpc) is 2.52. The van der Waals surface area contributed by atoms with Crippen LogP contribution in [-0.2, 0) is 4.74 Å². The van der Waals surface area contributed by atoms with Gasteiger partial charge in [-0.05, 0) is 30.7 Å². The molecule has 0 saturated heterocycles. The molecule has 0 aliphatic heterocycles. The zero-order valence-electron chi connectivity index (χ0n) is 13.4. The van der Waals surface area contributed by atoms with E-state index in [4.69, 9.17) is 14.2 Å². The Labute approximate surface area is 128 Å². The number of rotatable bonds is 11. The summed E-state index contributed by atoms with van der Waals surface area (Å²) in [5.74, 6) is 1.69. The molecule has 118 valence electrons. The van der Waals surface area contributed by atoms with Crippen LogP contribution in [0.2, 0.25) is 0 Å². The van der Waals surface area contributed by atoms with Crippen molar-refractivity contribution >= 4 is 0 Å². The van der Waals surface area contributed by atoms with Crippen molar-refractivity contribution in [3.8, 4) is 11.5 Å². The lowest BCUT2D eigenvalue weighted by molar-refractivity contribution is 0.191. The quantitative estimate of drug-likeness (QED) is 0.503. The van der Waals surface area contributed by atoms with Crippen LogP contribution in [0.5, 0.6) is 11.5 Å². The summed E-state index contributed by atoms with van der Waals surface area (Å²) < 4.78 is 15.9. The van der Waals surface area contributed by atoms with Gasteiger partial charge in [0.25, 0.3) is 0 Å². The lowest BCUT2D eigenvalue weighted by Gasteiger charge is -2.26. The molecule has 0 fully saturated rings. The molecule has 0 aromatic heterocycles. The van der Waals surface area contributed by atoms with Gasteiger partial charge in [0.1, 0.15) is 11.5 Å². The lowest BCUT2D eigenvalue weighted by atomic mass is 9.87. The fraction of sp³-hybridized carbons (Fsp3) is 0.529. The van der Waals surface area contributed by atoms with Crippen LogP contribution in [0.3, 0.4) is 0 Å². The summed E-state index contributed by atoms with van der Waals surface area (Å²) in [4.78, 5) is 0. The number of methoxy groups -OCH3 is 2. The van der Waals surface area contributed by atoms with E-state index >= 15 is 0 Å². The summed E-state index contributed by atoms with van der Waals surface area (Å²) in [7, 11) is 3.36. The number of hydrogen-bond acceptors (Lipinski definition) is 4. The highest BCUT2D eigenvalue weighted by Crippen LogP contribution is 2.23. The Balaban J connectivity index is 2.34. The minimum absolute atomic E-state index is 0.0141. The van der Waals surface area contributed by atoms with E-state index in [1.165, 1.54) is 0 Å². The molecule has 4 heteroatoms. The van der Waals surface area contributed by atoms with E-state index in [0.29, 0.717) is 6.61 Å². The molecule has 1 aromatic rings. The van der Waals surface area contributed by atoms with Crippen LogP contribution in [-0.4, -0.2) is 40.5 Å². The zero-order valence-corrected chi connectivity index (χ0v) is 13.4. The molecule has 1 rings (SSSR count). The molecule has 1 atom stereocenters. The van der Waals surface area contributed by atoms with Crippen molar-refractivity contribution in [2.75, 3.05) is 40.5 Å². The van der Waals surface area contributed by atoms with Gasteiger partial charge in [0.2, 0.25) is 0 Å². The fourth-order valence-electron chi connectivity index (χ4n) is 1.88. The predicted molar refractivity (Wildman–Crippen MR) is 86.2 cm³/mol. The molecule has 1 aromatic carbocycles. The van der Waals surface area contributed by atoms with Crippen molar-refractivity contribution in [2.45, 2.75) is 13.3 Å². The molecule has 0 bridgehead atoms. The molecule has 1 N–H and O–H groups in total. The minimum Gasteiger partial charge on any atom is -0.497 e. The van der Waals surface area contributed by atoms with E-state index < -0.39 is 0 Å². The molecule has 0 radical (unpaired) electrons. The van der Waals surface area contributed by atoms with Crippen molar-refractivity contribution in [3.63, 3.8) is 0 Å². The van der Waals surface area contributed by atoms with Gasteiger partial charge >= 0.3 is 0 Å². The third kappa shape index (κ3) is 6.65. The predicted octanol–water partition coefficient (Wildman–Crippen LogP) is 2.89. The van der Waals surface area contributed by atoms with Crippen LogP contribution in [0.1, 0.15) is 13.3 Å². The summed E-state index contributed by atoms with van der Waals surface area (Å²) in [5.41, 5.74) is 0.0141. The van der Waals surface area contributed by atoms with Crippen LogP contribution in [0.4, 0.5) is 0 Å². The highest BCUT2D eigenvalue weighted by Gasteiger charge is 2.19. The first kappa shape index (κ1) is 17.5. The Kier molecular flexibility index (Phi) is 7.87. The van der Waals surface area contributed by atoms with Crippen LogP contribution >= 0.6 is 0 Å². The fourth-order valence-corrected chi connectivity index (χ4v) is 1.88. The molecule has 0 aliphatic rings. The van der Waals surface area contributed by atoms with Gasteiger partial charge in [0.05, 0.1) is 20.3 Å². The molecule has 21 heavy (non-hydrogen) atoms. The van der Waals surface area contributed by atoms with Crippen molar-refractivity contribution in [2.24, 2.45) is 5.41 Å². The number of benzene rings is 1. The highest BCUT2D eigenvalue weighted by molar-refractivity contribution is 5.31. The third-order valence-corrected chi connectivity index (χ3v) is 3.51. The van der Waals surface area contributed by atoms with E-state index in [2.05, 4.69) is 18.8 Å². The number of nitrogens with one attached hydrogen (secondary N) is 1. The standard InChI is InChI=1S/C17H27NO3/c1-5-17(2,14-18-11-13-19-3)10-12-21-16-8-6-15(20-4)7-9-16/h5-9,18H,1,10-14H2,2-4H3. The van der Waals surface area contributed by atoms with E-state index in [0.717, 1.165) is 37.6 Å². The molecule has 1 unspecified atom stereocenters. The first-order chi connectivity index (χ1) is 10.1. The highest BCUT2D eigenvalue weighted by atomic mass is 16.5. The molecular weight excluding hydrogens is 266 g/mol. The van der Waals surface area contributed by atoms with Gasteiger partial charge in [-0.2, -0.15) is 0 Å². The summed E-state index contributed by atoms with van der Waals surface area (Å²) in [5, 5.41) is 3.37. The van der Waals surface area contributed by atoms with Crippen molar-refractivity contribution in [3.05, 3.63) is 36.9 Å². The van der Waals surface area contributed by atoms with Gasteiger partial charge < -0.3 is 19.5 Å².